The summed E-state index contributed by atoms with van der Waals surface area (Å²) < 4.78 is 6.01. The molecule has 2 N–H and O–H groups in total. The number of aliphatic hydroxyl groups is 1. The zero-order valence-corrected chi connectivity index (χ0v) is 26.6. The number of carbonyl (C=O) groups excluding carboxylic acids is 2. The summed E-state index contributed by atoms with van der Waals surface area (Å²) in [6.45, 7) is 4.93. The Morgan fingerprint density at radius 1 is 1.00 bits per heavy atom. The maximum Gasteiger partial charge on any atom is 0.248 e. The number of carbonyl (C=O) groups is 2. The first kappa shape index (κ1) is 32.6. The van der Waals surface area contributed by atoms with Crippen LogP contribution >= 0.6 is 24.2 Å². The minimum absolute atomic E-state index is 0. The van der Waals surface area contributed by atoms with Crippen molar-refractivity contribution in [2.45, 2.75) is 93.8 Å². The van der Waals surface area contributed by atoms with Crippen LogP contribution in [0.1, 0.15) is 70.3 Å². The van der Waals surface area contributed by atoms with Crippen molar-refractivity contribution < 1.29 is 19.4 Å². The van der Waals surface area contributed by atoms with E-state index >= 15 is 0 Å². The van der Waals surface area contributed by atoms with E-state index in [9.17, 15) is 14.7 Å². The maximum absolute atomic E-state index is 13.8. The quantitative estimate of drug-likeness (QED) is 0.318. The average Bonchev–Trinajstić information content (AvgIpc) is 3.01. The van der Waals surface area contributed by atoms with Gasteiger partial charge in [0.15, 0.2) is 0 Å². The molecule has 3 aliphatic rings. The van der Waals surface area contributed by atoms with Gasteiger partial charge in [0.25, 0.3) is 0 Å². The van der Waals surface area contributed by atoms with Crippen LogP contribution in [0.3, 0.4) is 0 Å². The van der Waals surface area contributed by atoms with Crippen molar-refractivity contribution in [2.24, 2.45) is 5.92 Å². The van der Waals surface area contributed by atoms with Crippen molar-refractivity contribution in [3.63, 3.8) is 0 Å². The fourth-order valence-corrected chi connectivity index (χ4v) is 7.15. The van der Waals surface area contributed by atoms with Crippen LogP contribution in [0.25, 0.3) is 0 Å². The van der Waals surface area contributed by atoms with E-state index in [1.165, 1.54) is 16.9 Å². The van der Waals surface area contributed by atoms with Gasteiger partial charge in [0, 0.05) is 31.1 Å². The summed E-state index contributed by atoms with van der Waals surface area (Å²) in [4.78, 5) is 33.0. The molecule has 0 bridgehead atoms. The van der Waals surface area contributed by atoms with Crippen LogP contribution in [0.5, 0.6) is 11.5 Å². The highest BCUT2D eigenvalue weighted by atomic mass is 35.5. The predicted octanol–water partition coefficient (Wildman–Crippen LogP) is 6.03. The Balaban J connectivity index is 0.00000405. The molecule has 5 rings (SSSR count). The highest BCUT2D eigenvalue weighted by Crippen LogP contribution is 2.36. The SMILES string of the molecule is CCCCN1C(=O)[C@@H]([C@H](O)C2CCCCC2)NC(=O)C12CCN(Cc1ccc(Oc3ccc(SC)cc3)cc1)CC2.Cl. The molecular weight excluding hydrogens is 570 g/mol. The fraction of sp³-hybridized carbons (Fsp3) is 0.576. The molecule has 9 heteroatoms. The lowest BCUT2D eigenvalue weighted by Gasteiger charge is -2.52. The molecule has 0 aromatic heterocycles. The molecule has 2 saturated heterocycles. The number of thioether (sulfide) groups is 1. The Hall–Kier alpha value is -2.26. The van der Waals surface area contributed by atoms with E-state index in [2.05, 4.69) is 47.7 Å². The third kappa shape index (κ3) is 7.26. The molecule has 2 aliphatic heterocycles. The number of piperazine rings is 1. The van der Waals surface area contributed by atoms with Gasteiger partial charge in [-0.3, -0.25) is 14.5 Å². The van der Waals surface area contributed by atoms with E-state index in [1.54, 1.807) is 11.8 Å². The molecule has 7 nitrogen and oxygen atoms in total. The standard InChI is InChI=1S/C33H45N3O4S.ClH/c1-3-4-20-36-31(38)29(30(37)25-8-6-5-7-9-25)34-32(39)33(36)18-21-35(22-19-33)23-24-10-12-26(13-11-24)40-27-14-16-28(41-2)17-15-27;/h10-17,25,29-30,37H,3-9,18-23H2,1-2H3,(H,34,39);1H/t29-,30-;/m1./s1. The molecule has 1 saturated carbocycles. The van der Waals surface area contributed by atoms with Crippen LogP contribution in [0.4, 0.5) is 0 Å². The van der Waals surface area contributed by atoms with E-state index in [4.69, 9.17) is 4.74 Å². The summed E-state index contributed by atoms with van der Waals surface area (Å²) in [5, 5.41) is 14.2. The predicted molar refractivity (Wildman–Crippen MR) is 170 cm³/mol. The van der Waals surface area contributed by atoms with Gasteiger partial charge < -0.3 is 20.1 Å². The van der Waals surface area contributed by atoms with Crippen molar-refractivity contribution in [3.05, 3.63) is 54.1 Å². The van der Waals surface area contributed by atoms with Gasteiger partial charge in [-0.15, -0.1) is 24.2 Å². The second kappa shape index (κ2) is 15.0. The zero-order chi connectivity index (χ0) is 28.8. The van der Waals surface area contributed by atoms with Gasteiger partial charge in [0.2, 0.25) is 11.8 Å². The Labute approximate surface area is 261 Å². The van der Waals surface area contributed by atoms with Crippen LogP contribution in [-0.2, 0) is 16.1 Å². The summed E-state index contributed by atoms with van der Waals surface area (Å²) in [6, 6.07) is 15.4. The van der Waals surface area contributed by atoms with Crippen LogP contribution in [0.15, 0.2) is 53.4 Å². The largest absolute Gasteiger partial charge is 0.457 e. The molecular formula is C33H46ClN3O4S. The van der Waals surface area contributed by atoms with Gasteiger partial charge in [0.1, 0.15) is 23.1 Å². The Morgan fingerprint density at radius 2 is 1.62 bits per heavy atom. The molecule has 2 aromatic rings. The van der Waals surface area contributed by atoms with Gasteiger partial charge in [-0.25, -0.2) is 0 Å². The lowest BCUT2D eigenvalue weighted by molar-refractivity contribution is -0.166. The van der Waals surface area contributed by atoms with E-state index < -0.39 is 17.7 Å². The molecule has 42 heavy (non-hydrogen) atoms. The second-order valence-electron chi connectivity index (χ2n) is 11.9. The maximum atomic E-state index is 13.8. The van der Waals surface area contributed by atoms with E-state index in [0.717, 1.165) is 69.7 Å². The van der Waals surface area contributed by atoms with Crippen LogP contribution in [-0.4, -0.2) is 70.3 Å². The van der Waals surface area contributed by atoms with E-state index in [1.807, 2.05) is 29.2 Å². The van der Waals surface area contributed by atoms with Crippen molar-refractivity contribution >= 4 is 36.0 Å². The van der Waals surface area contributed by atoms with E-state index in [0.29, 0.717) is 19.4 Å². The number of nitrogens with zero attached hydrogens (tertiary/aromatic N) is 2. The Kier molecular flexibility index (Phi) is 11.6. The molecule has 2 aromatic carbocycles. The van der Waals surface area contributed by atoms with Crippen LogP contribution in [0.2, 0.25) is 0 Å². The normalized spacial score (nSPS) is 22.0. The smallest absolute Gasteiger partial charge is 0.248 e. The van der Waals surface area contributed by atoms with Gasteiger partial charge in [-0.05, 0) is 86.2 Å². The van der Waals surface area contributed by atoms with Crippen molar-refractivity contribution in [3.8, 4) is 11.5 Å². The molecule has 1 aliphatic carbocycles. The van der Waals surface area contributed by atoms with Crippen molar-refractivity contribution in [2.75, 3.05) is 25.9 Å². The first-order chi connectivity index (χ1) is 19.9. The lowest BCUT2D eigenvalue weighted by Crippen LogP contribution is -2.75. The molecule has 0 radical (unpaired) electrons. The number of benzene rings is 2. The molecule has 2 amide bonds. The Morgan fingerprint density at radius 3 is 2.21 bits per heavy atom. The van der Waals surface area contributed by atoms with Gasteiger partial charge in [0.05, 0.1) is 6.10 Å². The third-order valence-electron chi connectivity index (χ3n) is 9.28. The first-order valence-corrected chi connectivity index (χ1v) is 16.6. The molecule has 2 heterocycles. The number of ether oxygens (including phenoxy) is 1. The topological polar surface area (TPSA) is 82.1 Å². The summed E-state index contributed by atoms with van der Waals surface area (Å²) >= 11 is 1.71. The van der Waals surface area contributed by atoms with Crippen molar-refractivity contribution in [1.82, 2.24) is 15.1 Å². The lowest BCUT2D eigenvalue weighted by atomic mass is 9.78. The number of unbranched alkanes of at least 4 members (excludes halogenated alkanes) is 1. The molecule has 1 spiro atoms. The fourth-order valence-electron chi connectivity index (χ4n) is 6.74. The van der Waals surface area contributed by atoms with Crippen molar-refractivity contribution in [1.29, 1.82) is 0 Å². The first-order valence-electron chi connectivity index (χ1n) is 15.4. The number of nitrogens with one attached hydrogen (secondary N) is 1. The van der Waals surface area contributed by atoms with Crippen LogP contribution < -0.4 is 10.1 Å². The Bertz CT molecular complexity index is 1160. The number of hydrogen-bond donors (Lipinski definition) is 2. The number of likely N-dealkylation sites (tertiary alicyclic amines) is 1. The summed E-state index contributed by atoms with van der Waals surface area (Å²) in [5.41, 5.74) is 0.364. The molecule has 230 valence electrons. The summed E-state index contributed by atoms with van der Waals surface area (Å²) in [5.74, 6) is 1.53. The zero-order valence-electron chi connectivity index (χ0n) is 24.9. The number of piperidine rings is 1. The number of halogens is 1. The van der Waals surface area contributed by atoms with Crippen LogP contribution in [0, 0.1) is 5.92 Å². The number of amides is 2. The molecule has 0 unspecified atom stereocenters. The third-order valence-corrected chi connectivity index (χ3v) is 10.0. The van der Waals surface area contributed by atoms with E-state index in [-0.39, 0.29) is 30.1 Å². The average molecular weight is 616 g/mol. The number of aliphatic hydroxyl groups excluding tert-OH is 1. The molecule has 3 fully saturated rings. The number of hydrogen-bond acceptors (Lipinski definition) is 6. The monoisotopic (exact) mass is 615 g/mol. The molecule has 2 atom stereocenters. The van der Waals surface area contributed by atoms with Gasteiger partial charge in [-0.2, -0.15) is 0 Å². The number of rotatable bonds is 10. The second-order valence-corrected chi connectivity index (χ2v) is 12.8. The summed E-state index contributed by atoms with van der Waals surface area (Å²) in [7, 11) is 0. The minimum atomic E-state index is -0.824. The van der Waals surface area contributed by atoms with Gasteiger partial charge in [-0.1, -0.05) is 44.7 Å². The minimum Gasteiger partial charge on any atom is -0.457 e. The highest BCUT2D eigenvalue weighted by molar-refractivity contribution is 7.98. The highest BCUT2D eigenvalue weighted by Gasteiger charge is 2.55. The summed E-state index contributed by atoms with van der Waals surface area (Å²) in [6.07, 6.45) is 9.46. The van der Waals surface area contributed by atoms with Gasteiger partial charge >= 0.3 is 0 Å².